The van der Waals surface area contributed by atoms with Gasteiger partial charge in [0.1, 0.15) is 5.75 Å². The third-order valence-corrected chi connectivity index (χ3v) is 4.61. The Bertz CT molecular complexity index is 544. The number of nitrogens with one attached hydrogen (secondary N) is 2. The fraction of sp³-hybridized carbons (Fsp3) is 0.588. The molecule has 2 aliphatic rings. The smallest absolute Gasteiger partial charge is 0.191 e. The summed E-state index contributed by atoms with van der Waals surface area (Å²) in [7, 11) is 1.76. The van der Waals surface area contributed by atoms with E-state index in [1.54, 1.807) is 7.05 Å². The average Bonchev–Trinajstić information content (AvgIpc) is 2.98. The SMILES string of the molecule is CN=C(NCC1(O)CCCC1)NC1CCOc2ccccc21.I. The number of aliphatic imine (C=N–C) groups is 1. The minimum atomic E-state index is -0.578. The van der Waals surface area contributed by atoms with Crippen LogP contribution in [0.15, 0.2) is 29.3 Å². The molecule has 1 saturated carbocycles. The first-order valence-electron chi connectivity index (χ1n) is 8.11. The number of rotatable bonds is 3. The van der Waals surface area contributed by atoms with Crippen LogP contribution in [0.3, 0.4) is 0 Å². The molecule has 3 rings (SSSR count). The maximum Gasteiger partial charge on any atom is 0.191 e. The molecule has 1 aromatic rings. The molecule has 3 N–H and O–H groups in total. The van der Waals surface area contributed by atoms with Crippen molar-refractivity contribution >= 4 is 29.9 Å². The Morgan fingerprint density at radius 1 is 1.35 bits per heavy atom. The van der Waals surface area contributed by atoms with Crippen molar-refractivity contribution in [3.05, 3.63) is 29.8 Å². The summed E-state index contributed by atoms with van der Waals surface area (Å²) in [5.41, 5.74) is 0.585. The quantitative estimate of drug-likeness (QED) is 0.391. The summed E-state index contributed by atoms with van der Waals surface area (Å²) in [4.78, 5) is 4.29. The summed E-state index contributed by atoms with van der Waals surface area (Å²) in [6, 6.07) is 8.29. The molecule has 1 aromatic carbocycles. The molecule has 0 radical (unpaired) electrons. The lowest BCUT2D eigenvalue weighted by molar-refractivity contribution is 0.0521. The van der Waals surface area contributed by atoms with Gasteiger partial charge in [0.25, 0.3) is 0 Å². The highest BCUT2D eigenvalue weighted by Gasteiger charge is 2.31. The summed E-state index contributed by atoms with van der Waals surface area (Å²) >= 11 is 0. The molecule has 23 heavy (non-hydrogen) atoms. The van der Waals surface area contributed by atoms with Gasteiger partial charge in [-0.2, -0.15) is 0 Å². The van der Waals surface area contributed by atoms with Crippen LogP contribution in [0.1, 0.15) is 43.7 Å². The van der Waals surface area contributed by atoms with Crippen LogP contribution in [0, 0.1) is 0 Å². The van der Waals surface area contributed by atoms with Gasteiger partial charge in [0.05, 0.1) is 18.2 Å². The van der Waals surface area contributed by atoms with E-state index in [1.165, 1.54) is 0 Å². The highest BCUT2D eigenvalue weighted by molar-refractivity contribution is 14.0. The van der Waals surface area contributed by atoms with E-state index in [-0.39, 0.29) is 30.0 Å². The molecule has 0 spiro atoms. The van der Waals surface area contributed by atoms with Crippen LogP contribution >= 0.6 is 24.0 Å². The van der Waals surface area contributed by atoms with Crippen LogP contribution in [0.2, 0.25) is 0 Å². The maximum absolute atomic E-state index is 10.4. The van der Waals surface area contributed by atoms with Crippen molar-refractivity contribution in [2.75, 3.05) is 20.2 Å². The van der Waals surface area contributed by atoms with E-state index in [4.69, 9.17) is 4.74 Å². The van der Waals surface area contributed by atoms with E-state index in [9.17, 15) is 5.11 Å². The summed E-state index contributed by atoms with van der Waals surface area (Å²) < 4.78 is 5.69. The molecule has 0 amide bonds. The van der Waals surface area contributed by atoms with E-state index < -0.39 is 5.60 Å². The van der Waals surface area contributed by atoms with E-state index in [0.717, 1.165) is 49.4 Å². The number of aliphatic hydroxyl groups is 1. The van der Waals surface area contributed by atoms with Gasteiger partial charge in [-0.05, 0) is 18.9 Å². The highest BCUT2D eigenvalue weighted by Crippen LogP contribution is 2.31. The molecule has 0 bridgehead atoms. The number of para-hydroxylation sites is 1. The third-order valence-electron chi connectivity index (χ3n) is 4.61. The van der Waals surface area contributed by atoms with Crippen LogP contribution in [0.25, 0.3) is 0 Å². The van der Waals surface area contributed by atoms with Gasteiger partial charge in [0.15, 0.2) is 5.96 Å². The summed E-state index contributed by atoms with van der Waals surface area (Å²) in [5, 5.41) is 17.2. The van der Waals surface area contributed by atoms with Crippen LogP contribution in [-0.2, 0) is 0 Å². The zero-order valence-electron chi connectivity index (χ0n) is 13.5. The second kappa shape index (κ2) is 8.19. The van der Waals surface area contributed by atoms with Gasteiger partial charge in [0, 0.05) is 25.6 Å². The molecule has 0 saturated heterocycles. The van der Waals surface area contributed by atoms with Gasteiger partial charge < -0.3 is 20.5 Å². The lowest BCUT2D eigenvalue weighted by Crippen LogP contribution is -2.47. The molecule has 1 aliphatic carbocycles. The molecule has 1 fully saturated rings. The molecule has 0 aromatic heterocycles. The van der Waals surface area contributed by atoms with Crippen molar-refractivity contribution in [1.29, 1.82) is 0 Å². The largest absolute Gasteiger partial charge is 0.493 e. The zero-order valence-corrected chi connectivity index (χ0v) is 15.9. The highest BCUT2D eigenvalue weighted by atomic mass is 127. The summed E-state index contributed by atoms with van der Waals surface area (Å²) in [6.45, 7) is 1.26. The Labute approximate surface area is 154 Å². The standard InChI is InChI=1S/C17H25N3O2.HI/c1-18-16(19-12-17(21)9-4-5-10-17)20-14-8-11-22-15-7-3-2-6-13(14)15;/h2-3,6-7,14,21H,4-5,8-12H2,1H3,(H2,18,19,20);1H. The van der Waals surface area contributed by atoms with E-state index in [2.05, 4.69) is 21.7 Å². The summed E-state index contributed by atoms with van der Waals surface area (Å²) in [6.07, 6.45) is 4.87. The molecule has 1 aliphatic heterocycles. The Hall–Kier alpha value is -1.02. The first kappa shape index (κ1) is 18.3. The van der Waals surface area contributed by atoms with Gasteiger partial charge in [-0.15, -0.1) is 24.0 Å². The molecule has 5 nitrogen and oxygen atoms in total. The Morgan fingerprint density at radius 2 is 2.09 bits per heavy atom. The first-order chi connectivity index (χ1) is 10.7. The molecular weight excluding hydrogens is 405 g/mol. The monoisotopic (exact) mass is 431 g/mol. The Balaban J connectivity index is 0.00000192. The number of hydrogen-bond acceptors (Lipinski definition) is 3. The van der Waals surface area contributed by atoms with Gasteiger partial charge in [-0.1, -0.05) is 31.0 Å². The predicted molar refractivity (Wildman–Crippen MR) is 103 cm³/mol. The van der Waals surface area contributed by atoms with Crippen LogP contribution in [0.4, 0.5) is 0 Å². The van der Waals surface area contributed by atoms with E-state index in [1.807, 2.05) is 18.2 Å². The normalized spacial score (nSPS) is 22.5. The predicted octanol–water partition coefficient (Wildman–Crippen LogP) is 2.60. The van der Waals surface area contributed by atoms with E-state index in [0.29, 0.717) is 13.2 Å². The van der Waals surface area contributed by atoms with Crippen LogP contribution < -0.4 is 15.4 Å². The second-order valence-electron chi connectivity index (χ2n) is 6.23. The number of hydrogen-bond donors (Lipinski definition) is 3. The molecular formula is C17H26IN3O2. The number of ether oxygens (including phenoxy) is 1. The minimum Gasteiger partial charge on any atom is -0.493 e. The summed E-state index contributed by atoms with van der Waals surface area (Å²) in [5.74, 6) is 1.68. The second-order valence-corrected chi connectivity index (χ2v) is 6.23. The third kappa shape index (κ3) is 4.50. The van der Waals surface area contributed by atoms with Crippen molar-refractivity contribution in [3.8, 4) is 5.75 Å². The Kier molecular flexibility index (Phi) is 6.52. The fourth-order valence-corrected chi connectivity index (χ4v) is 3.31. The van der Waals surface area contributed by atoms with Crippen molar-refractivity contribution < 1.29 is 9.84 Å². The van der Waals surface area contributed by atoms with Crippen LogP contribution in [0.5, 0.6) is 5.75 Å². The van der Waals surface area contributed by atoms with Gasteiger partial charge >= 0.3 is 0 Å². The fourth-order valence-electron chi connectivity index (χ4n) is 3.31. The molecule has 1 atom stereocenters. The topological polar surface area (TPSA) is 65.9 Å². The van der Waals surface area contributed by atoms with Gasteiger partial charge in [0.2, 0.25) is 0 Å². The average molecular weight is 431 g/mol. The zero-order chi connectivity index (χ0) is 15.4. The molecule has 6 heteroatoms. The molecule has 1 heterocycles. The number of benzene rings is 1. The van der Waals surface area contributed by atoms with Crippen molar-refractivity contribution in [2.24, 2.45) is 4.99 Å². The van der Waals surface area contributed by atoms with Crippen LogP contribution in [-0.4, -0.2) is 36.9 Å². The molecule has 128 valence electrons. The lowest BCUT2D eigenvalue weighted by atomic mass is 10.0. The lowest BCUT2D eigenvalue weighted by Gasteiger charge is -2.29. The molecule has 1 unspecified atom stereocenters. The number of guanidine groups is 1. The number of fused-ring (bicyclic) bond motifs is 1. The Morgan fingerprint density at radius 3 is 2.83 bits per heavy atom. The first-order valence-corrected chi connectivity index (χ1v) is 8.11. The van der Waals surface area contributed by atoms with Gasteiger partial charge in [-0.3, -0.25) is 4.99 Å². The minimum absolute atomic E-state index is 0. The van der Waals surface area contributed by atoms with Crippen molar-refractivity contribution in [1.82, 2.24) is 10.6 Å². The van der Waals surface area contributed by atoms with Crippen molar-refractivity contribution in [3.63, 3.8) is 0 Å². The maximum atomic E-state index is 10.4. The number of nitrogens with zero attached hydrogens (tertiary/aromatic N) is 1. The van der Waals surface area contributed by atoms with Gasteiger partial charge in [-0.25, -0.2) is 0 Å². The van der Waals surface area contributed by atoms with Crippen molar-refractivity contribution in [2.45, 2.75) is 43.7 Å². The van der Waals surface area contributed by atoms with E-state index >= 15 is 0 Å². The number of halogens is 1.